The number of hydrogen-bond acceptors (Lipinski definition) is 9. The van der Waals surface area contributed by atoms with Gasteiger partial charge in [-0.25, -0.2) is 9.78 Å². The molecule has 1 atom stereocenters. The molecule has 1 aromatic heterocycles. The molecule has 0 bridgehead atoms. The third-order valence-electron chi connectivity index (χ3n) is 6.79. The van der Waals surface area contributed by atoms with Crippen LogP contribution in [-0.4, -0.2) is 51.2 Å². The van der Waals surface area contributed by atoms with Crippen molar-refractivity contribution >= 4 is 28.8 Å². The van der Waals surface area contributed by atoms with Crippen LogP contribution in [0.4, 0.5) is 5.69 Å². The minimum Gasteiger partial charge on any atom is -0.494 e. The highest BCUT2D eigenvalue weighted by molar-refractivity contribution is 5.85. The molecule has 0 fully saturated rings. The van der Waals surface area contributed by atoms with Crippen molar-refractivity contribution in [1.82, 2.24) is 9.66 Å². The van der Waals surface area contributed by atoms with Crippen LogP contribution in [0, 0.1) is 17.0 Å². The Bertz CT molecular complexity index is 1810. The molecule has 44 heavy (non-hydrogen) atoms. The SMILES string of the molecule is CCOc1cc(C)c(-c2nc3ccccc3c(=O)n2N=Cc2cc(OCC)c(O[C@H](C)C(=O)O)c([N+](=O)[O-])c2)cc1C(C)C. The number of aliphatic carboxylic acids is 1. The van der Waals surface area contributed by atoms with Crippen molar-refractivity contribution in [3.63, 3.8) is 0 Å². The second-order valence-corrected chi connectivity index (χ2v) is 10.3. The number of nitro groups is 1. The van der Waals surface area contributed by atoms with Crippen LogP contribution in [0.3, 0.4) is 0 Å². The summed E-state index contributed by atoms with van der Waals surface area (Å²) in [6, 6.07) is 13.4. The quantitative estimate of drug-likeness (QED) is 0.118. The van der Waals surface area contributed by atoms with Crippen LogP contribution in [-0.2, 0) is 4.79 Å². The lowest BCUT2D eigenvalue weighted by Gasteiger charge is -2.18. The number of fused-ring (bicyclic) bond motifs is 1. The molecule has 0 saturated heterocycles. The average molecular weight is 603 g/mol. The van der Waals surface area contributed by atoms with Gasteiger partial charge in [-0.15, -0.1) is 0 Å². The molecule has 230 valence electrons. The van der Waals surface area contributed by atoms with E-state index in [4.69, 9.17) is 19.2 Å². The fraction of sp³-hybridized carbons (Fsp3) is 0.312. The normalized spacial score (nSPS) is 12.1. The highest BCUT2D eigenvalue weighted by Crippen LogP contribution is 2.39. The number of aryl methyl sites for hydroxylation is 1. The fourth-order valence-electron chi connectivity index (χ4n) is 4.63. The molecule has 0 aliphatic heterocycles. The standard InChI is InChI=1S/C32H34N4O8/c1-7-42-27-13-19(5)24(16-23(27)18(3)4)30-34-25-12-10-9-11-22(25)31(37)35(30)33-17-21-14-26(36(40)41)29(28(15-21)43-8-2)44-20(6)32(38)39/h9-18,20H,7-8H2,1-6H3,(H,38,39)/t20-/m1/s1. The van der Waals surface area contributed by atoms with Gasteiger partial charge in [0.1, 0.15) is 5.75 Å². The summed E-state index contributed by atoms with van der Waals surface area (Å²) in [5.74, 6) is -0.514. The van der Waals surface area contributed by atoms with Crippen molar-refractivity contribution in [2.75, 3.05) is 13.2 Å². The molecule has 4 rings (SSSR count). The van der Waals surface area contributed by atoms with Crippen molar-refractivity contribution < 1.29 is 29.0 Å². The van der Waals surface area contributed by atoms with Gasteiger partial charge < -0.3 is 19.3 Å². The van der Waals surface area contributed by atoms with E-state index >= 15 is 0 Å². The number of benzene rings is 3. The topological polar surface area (TPSA) is 155 Å². The van der Waals surface area contributed by atoms with Gasteiger partial charge in [-0.2, -0.15) is 9.78 Å². The number of para-hydroxylation sites is 1. The Morgan fingerprint density at radius 3 is 2.41 bits per heavy atom. The summed E-state index contributed by atoms with van der Waals surface area (Å²) >= 11 is 0. The van der Waals surface area contributed by atoms with E-state index < -0.39 is 28.2 Å². The van der Waals surface area contributed by atoms with Gasteiger partial charge in [0.15, 0.2) is 17.7 Å². The van der Waals surface area contributed by atoms with E-state index in [2.05, 4.69) is 5.10 Å². The van der Waals surface area contributed by atoms with Crippen LogP contribution in [0.15, 0.2) is 58.4 Å². The zero-order valence-electron chi connectivity index (χ0n) is 25.4. The monoisotopic (exact) mass is 602 g/mol. The Labute approximate surface area is 253 Å². The first kappa shape index (κ1) is 31.7. The lowest BCUT2D eigenvalue weighted by Crippen LogP contribution is -2.23. The highest BCUT2D eigenvalue weighted by atomic mass is 16.6. The predicted molar refractivity (Wildman–Crippen MR) is 166 cm³/mol. The summed E-state index contributed by atoms with van der Waals surface area (Å²) in [7, 11) is 0. The molecular formula is C32H34N4O8. The van der Waals surface area contributed by atoms with Crippen molar-refractivity contribution in [3.8, 4) is 28.6 Å². The molecule has 0 unspecified atom stereocenters. The summed E-state index contributed by atoms with van der Waals surface area (Å²) < 4.78 is 18.0. The maximum Gasteiger partial charge on any atom is 0.344 e. The van der Waals surface area contributed by atoms with Gasteiger partial charge in [0.2, 0.25) is 5.75 Å². The van der Waals surface area contributed by atoms with Gasteiger partial charge in [0.05, 0.1) is 35.3 Å². The van der Waals surface area contributed by atoms with E-state index in [9.17, 15) is 24.8 Å². The van der Waals surface area contributed by atoms with Crippen LogP contribution in [0.1, 0.15) is 57.2 Å². The number of carboxylic acid groups (broad SMARTS) is 1. The van der Waals surface area contributed by atoms with Crippen LogP contribution in [0.25, 0.3) is 22.3 Å². The number of rotatable bonds is 12. The van der Waals surface area contributed by atoms with Crippen LogP contribution >= 0.6 is 0 Å². The van der Waals surface area contributed by atoms with Crippen molar-refractivity contribution in [3.05, 3.63) is 85.7 Å². The Morgan fingerprint density at radius 1 is 1.09 bits per heavy atom. The molecule has 4 aromatic rings. The second kappa shape index (κ2) is 13.4. The molecular weight excluding hydrogens is 568 g/mol. The van der Waals surface area contributed by atoms with Crippen molar-refractivity contribution in [2.45, 2.75) is 53.6 Å². The van der Waals surface area contributed by atoms with Gasteiger partial charge in [-0.3, -0.25) is 14.9 Å². The predicted octanol–water partition coefficient (Wildman–Crippen LogP) is 5.94. The van der Waals surface area contributed by atoms with Crippen molar-refractivity contribution in [1.29, 1.82) is 0 Å². The highest BCUT2D eigenvalue weighted by Gasteiger charge is 2.26. The molecule has 12 nitrogen and oxygen atoms in total. The molecule has 0 aliphatic carbocycles. The summed E-state index contributed by atoms with van der Waals surface area (Å²) in [4.78, 5) is 41.3. The van der Waals surface area contributed by atoms with Crippen LogP contribution < -0.4 is 19.8 Å². The second-order valence-electron chi connectivity index (χ2n) is 10.3. The largest absolute Gasteiger partial charge is 0.494 e. The number of carbonyl (C=O) groups is 1. The molecule has 12 heteroatoms. The first-order valence-corrected chi connectivity index (χ1v) is 14.1. The third-order valence-corrected chi connectivity index (χ3v) is 6.79. The van der Waals surface area contributed by atoms with Crippen molar-refractivity contribution in [2.24, 2.45) is 5.10 Å². The Morgan fingerprint density at radius 2 is 1.77 bits per heavy atom. The van der Waals surface area contributed by atoms with E-state index in [0.717, 1.165) is 21.6 Å². The first-order valence-electron chi connectivity index (χ1n) is 14.1. The molecule has 1 N–H and O–H groups in total. The number of carboxylic acids is 1. The Kier molecular flexibility index (Phi) is 9.62. The average Bonchev–Trinajstić information content (AvgIpc) is 2.97. The van der Waals surface area contributed by atoms with Crippen LogP contribution in [0.5, 0.6) is 17.2 Å². The van der Waals surface area contributed by atoms with E-state index in [1.165, 1.54) is 25.3 Å². The van der Waals surface area contributed by atoms with E-state index in [-0.39, 0.29) is 35.4 Å². The summed E-state index contributed by atoms with van der Waals surface area (Å²) in [5.41, 5.74) is 2.18. The van der Waals surface area contributed by atoms with Gasteiger partial charge >= 0.3 is 11.7 Å². The zero-order chi connectivity index (χ0) is 32.1. The summed E-state index contributed by atoms with van der Waals surface area (Å²) in [6.07, 6.45) is -0.0838. The molecule has 0 spiro atoms. The Hall–Kier alpha value is -5.26. The smallest absolute Gasteiger partial charge is 0.344 e. The number of nitrogens with zero attached hydrogens (tertiary/aromatic N) is 4. The molecule has 3 aromatic carbocycles. The number of ether oxygens (including phenoxy) is 3. The Balaban J connectivity index is 1.95. The number of nitro benzene ring substituents is 1. The van der Waals surface area contributed by atoms with Gasteiger partial charge in [-0.05, 0) is 75.1 Å². The lowest BCUT2D eigenvalue weighted by molar-refractivity contribution is -0.386. The maximum atomic E-state index is 13.8. The first-order chi connectivity index (χ1) is 21.0. The molecule has 0 aliphatic rings. The van der Waals surface area contributed by atoms with Crippen LogP contribution in [0.2, 0.25) is 0 Å². The number of aromatic nitrogens is 2. The number of hydrogen-bond donors (Lipinski definition) is 1. The maximum absolute atomic E-state index is 13.8. The lowest BCUT2D eigenvalue weighted by atomic mass is 9.96. The summed E-state index contributed by atoms with van der Waals surface area (Å²) in [5, 5.41) is 26.1. The van der Waals surface area contributed by atoms with E-state index in [0.29, 0.717) is 23.1 Å². The fourth-order valence-corrected chi connectivity index (χ4v) is 4.63. The molecule has 0 amide bonds. The minimum absolute atomic E-state index is 0.0376. The van der Waals surface area contributed by atoms with E-state index in [1.54, 1.807) is 31.2 Å². The zero-order valence-corrected chi connectivity index (χ0v) is 25.4. The molecule has 1 heterocycles. The van der Waals surface area contributed by atoms with Gasteiger partial charge in [0.25, 0.3) is 5.56 Å². The molecule has 0 saturated carbocycles. The van der Waals surface area contributed by atoms with Gasteiger partial charge in [0, 0.05) is 17.2 Å². The van der Waals surface area contributed by atoms with E-state index in [1.807, 2.05) is 39.8 Å². The third kappa shape index (κ3) is 6.54. The molecule has 0 radical (unpaired) electrons. The minimum atomic E-state index is -1.37. The van der Waals surface area contributed by atoms with Gasteiger partial charge in [-0.1, -0.05) is 26.0 Å². The summed E-state index contributed by atoms with van der Waals surface area (Å²) in [6.45, 7) is 11.5.